The molecule has 1 fully saturated rings. The van der Waals surface area contributed by atoms with E-state index in [2.05, 4.69) is 12.1 Å². The van der Waals surface area contributed by atoms with E-state index >= 15 is 0 Å². The Bertz CT molecular complexity index is 357. The number of carbonyl (C=O) groups is 1. The average Bonchev–Trinajstić information content (AvgIpc) is 3.20. The molecule has 1 aromatic carbocycles. The first-order valence-electron chi connectivity index (χ1n) is 6.62. The van der Waals surface area contributed by atoms with E-state index in [1.165, 1.54) is 18.4 Å². The van der Waals surface area contributed by atoms with Crippen molar-refractivity contribution >= 4 is 5.97 Å². The zero-order valence-electron chi connectivity index (χ0n) is 10.6. The van der Waals surface area contributed by atoms with E-state index in [4.69, 9.17) is 9.47 Å². The molecular weight excluding hydrogens is 228 g/mol. The van der Waals surface area contributed by atoms with E-state index in [1.54, 1.807) is 0 Å². The SMILES string of the molecule is O=C(COCC1CC1)OCCCc1ccccc1. The van der Waals surface area contributed by atoms with Gasteiger partial charge < -0.3 is 9.47 Å². The molecule has 0 aromatic heterocycles. The van der Waals surface area contributed by atoms with Crippen LogP contribution in [-0.2, 0) is 20.7 Å². The van der Waals surface area contributed by atoms with Crippen molar-refractivity contribution in [2.75, 3.05) is 19.8 Å². The van der Waals surface area contributed by atoms with Crippen molar-refractivity contribution in [3.8, 4) is 0 Å². The third kappa shape index (κ3) is 5.32. The number of ether oxygens (including phenoxy) is 2. The molecule has 0 heterocycles. The van der Waals surface area contributed by atoms with Gasteiger partial charge in [-0.25, -0.2) is 4.79 Å². The summed E-state index contributed by atoms with van der Waals surface area (Å²) in [5.41, 5.74) is 1.28. The van der Waals surface area contributed by atoms with Gasteiger partial charge in [-0.3, -0.25) is 0 Å². The average molecular weight is 248 g/mol. The topological polar surface area (TPSA) is 35.5 Å². The van der Waals surface area contributed by atoms with Gasteiger partial charge in [0.05, 0.1) is 13.2 Å². The van der Waals surface area contributed by atoms with Crippen molar-refractivity contribution in [3.05, 3.63) is 35.9 Å². The molecule has 1 aliphatic rings. The summed E-state index contributed by atoms with van der Waals surface area (Å²) in [5, 5.41) is 0. The summed E-state index contributed by atoms with van der Waals surface area (Å²) in [4.78, 5) is 11.3. The quantitative estimate of drug-likeness (QED) is 0.524. The van der Waals surface area contributed by atoms with E-state index < -0.39 is 0 Å². The second-order valence-corrected chi connectivity index (χ2v) is 4.77. The smallest absolute Gasteiger partial charge is 0.332 e. The molecule has 0 atom stereocenters. The van der Waals surface area contributed by atoms with Crippen LogP contribution in [0.15, 0.2) is 30.3 Å². The lowest BCUT2D eigenvalue weighted by Gasteiger charge is -2.05. The highest BCUT2D eigenvalue weighted by Crippen LogP contribution is 2.28. The Labute approximate surface area is 108 Å². The highest BCUT2D eigenvalue weighted by atomic mass is 16.6. The van der Waals surface area contributed by atoms with Crippen molar-refractivity contribution in [1.82, 2.24) is 0 Å². The van der Waals surface area contributed by atoms with E-state index in [9.17, 15) is 4.79 Å². The van der Waals surface area contributed by atoms with E-state index in [0.717, 1.165) is 12.8 Å². The molecule has 0 N–H and O–H groups in total. The molecule has 98 valence electrons. The molecule has 0 amide bonds. The Balaban J connectivity index is 1.48. The minimum atomic E-state index is -0.247. The Morgan fingerprint density at radius 2 is 2.00 bits per heavy atom. The molecule has 1 saturated carbocycles. The molecular formula is C15H20O3. The lowest BCUT2D eigenvalue weighted by atomic mass is 10.1. The number of hydrogen-bond acceptors (Lipinski definition) is 3. The maximum atomic E-state index is 11.3. The van der Waals surface area contributed by atoms with Crippen LogP contribution in [0.5, 0.6) is 0 Å². The van der Waals surface area contributed by atoms with Gasteiger partial charge in [0.15, 0.2) is 0 Å². The molecule has 0 bridgehead atoms. The lowest BCUT2D eigenvalue weighted by molar-refractivity contribution is -0.149. The molecule has 1 aliphatic carbocycles. The van der Waals surface area contributed by atoms with E-state index in [-0.39, 0.29) is 12.6 Å². The van der Waals surface area contributed by atoms with Gasteiger partial charge in [0.25, 0.3) is 0 Å². The maximum absolute atomic E-state index is 11.3. The highest BCUT2D eigenvalue weighted by Gasteiger charge is 2.21. The molecule has 0 radical (unpaired) electrons. The Kier molecular flexibility index (Phi) is 5.21. The van der Waals surface area contributed by atoms with Gasteiger partial charge in [-0.15, -0.1) is 0 Å². The van der Waals surface area contributed by atoms with Crippen LogP contribution in [0.3, 0.4) is 0 Å². The van der Waals surface area contributed by atoms with Crippen molar-refractivity contribution in [2.45, 2.75) is 25.7 Å². The molecule has 1 aromatic rings. The standard InChI is InChI=1S/C15H20O3/c16-15(12-17-11-14-8-9-14)18-10-4-7-13-5-2-1-3-6-13/h1-3,5-6,14H,4,7-12H2. The lowest BCUT2D eigenvalue weighted by Crippen LogP contribution is -2.14. The van der Waals surface area contributed by atoms with Crippen molar-refractivity contribution in [1.29, 1.82) is 0 Å². The first-order chi connectivity index (χ1) is 8.84. The molecule has 0 unspecified atom stereocenters. The Morgan fingerprint density at radius 1 is 1.22 bits per heavy atom. The highest BCUT2D eigenvalue weighted by molar-refractivity contribution is 5.70. The zero-order valence-corrected chi connectivity index (χ0v) is 10.6. The van der Waals surface area contributed by atoms with Crippen LogP contribution in [0, 0.1) is 5.92 Å². The third-order valence-corrected chi connectivity index (χ3v) is 2.99. The van der Waals surface area contributed by atoms with Gasteiger partial charge in [-0.05, 0) is 37.2 Å². The predicted octanol–water partition coefficient (Wildman–Crippen LogP) is 2.59. The van der Waals surface area contributed by atoms with Crippen LogP contribution < -0.4 is 0 Å². The Morgan fingerprint density at radius 3 is 2.72 bits per heavy atom. The van der Waals surface area contributed by atoms with Gasteiger partial charge in [-0.2, -0.15) is 0 Å². The van der Waals surface area contributed by atoms with Crippen LogP contribution in [0.25, 0.3) is 0 Å². The molecule has 3 heteroatoms. The van der Waals surface area contributed by atoms with E-state index in [0.29, 0.717) is 19.1 Å². The van der Waals surface area contributed by atoms with Crippen molar-refractivity contribution in [3.63, 3.8) is 0 Å². The first kappa shape index (κ1) is 13.1. The molecule has 2 rings (SSSR count). The second kappa shape index (κ2) is 7.17. The summed E-state index contributed by atoms with van der Waals surface area (Å²) < 4.78 is 10.4. The molecule has 3 nitrogen and oxygen atoms in total. The fourth-order valence-corrected chi connectivity index (χ4v) is 1.74. The van der Waals surface area contributed by atoms with Gasteiger partial charge in [0.2, 0.25) is 0 Å². The number of benzene rings is 1. The summed E-state index contributed by atoms with van der Waals surface area (Å²) in [6, 6.07) is 10.2. The summed E-state index contributed by atoms with van der Waals surface area (Å²) in [7, 11) is 0. The third-order valence-electron chi connectivity index (χ3n) is 2.99. The fraction of sp³-hybridized carbons (Fsp3) is 0.533. The second-order valence-electron chi connectivity index (χ2n) is 4.77. The minimum absolute atomic E-state index is 0.0990. The van der Waals surface area contributed by atoms with Gasteiger partial charge in [-0.1, -0.05) is 30.3 Å². The first-order valence-corrected chi connectivity index (χ1v) is 6.62. The van der Waals surface area contributed by atoms with Gasteiger partial charge in [0, 0.05) is 0 Å². The van der Waals surface area contributed by atoms with Crippen LogP contribution in [0.2, 0.25) is 0 Å². The number of hydrogen-bond donors (Lipinski definition) is 0. The summed E-state index contributed by atoms with van der Waals surface area (Å²) in [6.07, 6.45) is 4.29. The molecule has 0 spiro atoms. The Hall–Kier alpha value is -1.35. The summed E-state index contributed by atoms with van der Waals surface area (Å²) in [6.45, 7) is 1.28. The molecule has 0 saturated heterocycles. The van der Waals surface area contributed by atoms with Crippen molar-refractivity contribution in [2.24, 2.45) is 5.92 Å². The largest absolute Gasteiger partial charge is 0.464 e. The normalized spacial score (nSPS) is 14.4. The van der Waals surface area contributed by atoms with Gasteiger partial charge >= 0.3 is 5.97 Å². The summed E-state index contributed by atoms with van der Waals surface area (Å²) in [5.74, 6) is 0.444. The number of aryl methyl sites for hydroxylation is 1. The molecule has 18 heavy (non-hydrogen) atoms. The van der Waals surface area contributed by atoms with Crippen LogP contribution in [0.1, 0.15) is 24.8 Å². The number of carbonyl (C=O) groups excluding carboxylic acids is 1. The van der Waals surface area contributed by atoms with Crippen LogP contribution in [-0.4, -0.2) is 25.8 Å². The van der Waals surface area contributed by atoms with Crippen molar-refractivity contribution < 1.29 is 14.3 Å². The number of rotatable bonds is 8. The molecule has 0 aliphatic heterocycles. The minimum Gasteiger partial charge on any atom is -0.464 e. The summed E-state index contributed by atoms with van der Waals surface area (Å²) >= 11 is 0. The zero-order chi connectivity index (χ0) is 12.6. The van der Waals surface area contributed by atoms with Crippen LogP contribution in [0.4, 0.5) is 0 Å². The number of esters is 1. The van der Waals surface area contributed by atoms with E-state index in [1.807, 2.05) is 18.2 Å². The monoisotopic (exact) mass is 248 g/mol. The fourth-order valence-electron chi connectivity index (χ4n) is 1.74. The van der Waals surface area contributed by atoms with Gasteiger partial charge in [0.1, 0.15) is 6.61 Å². The van der Waals surface area contributed by atoms with Crippen LogP contribution >= 0.6 is 0 Å². The predicted molar refractivity (Wildman–Crippen MR) is 69.3 cm³/mol. The maximum Gasteiger partial charge on any atom is 0.332 e.